The monoisotopic (exact) mass is 436 g/mol. The topological polar surface area (TPSA) is 76.1 Å². The van der Waals surface area contributed by atoms with E-state index in [1.807, 2.05) is 30.6 Å². The van der Waals surface area contributed by atoms with E-state index in [9.17, 15) is 8.42 Å². The van der Waals surface area contributed by atoms with Gasteiger partial charge in [-0.2, -0.15) is 4.37 Å². The number of fused-ring (bicyclic) bond motifs is 1. The highest BCUT2D eigenvalue weighted by atomic mass is 32.2. The molecule has 0 spiro atoms. The van der Waals surface area contributed by atoms with E-state index in [2.05, 4.69) is 37.4 Å². The lowest BCUT2D eigenvalue weighted by atomic mass is 10.0. The molecule has 2 aromatic carbocycles. The molecule has 1 aliphatic rings. The van der Waals surface area contributed by atoms with Crippen LogP contribution in [0.2, 0.25) is 0 Å². The number of rotatable bonds is 5. The van der Waals surface area contributed by atoms with Gasteiger partial charge in [-0.3, -0.25) is 4.98 Å². The molecule has 0 saturated carbocycles. The van der Waals surface area contributed by atoms with Crippen LogP contribution >= 0.6 is 11.5 Å². The highest BCUT2D eigenvalue weighted by Crippen LogP contribution is 2.39. The molecule has 3 heterocycles. The van der Waals surface area contributed by atoms with Crippen LogP contribution in [0.3, 0.4) is 0 Å². The van der Waals surface area contributed by atoms with Crippen LogP contribution in [0.1, 0.15) is 29.5 Å². The predicted molar refractivity (Wildman–Crippen MR) is 118 cm³/mol. The Morgan fingerprint density at radius 3 is 2.77 bits per heavy atom. The molecule has 30 heavy (non-hydrogen) atoms. The fourth-order valence-corrected chi connectivity index (χ4v) is 6.32. The van der Waals surface area contributed by atoms with E-state index in [1.54, 1.807) is 12.1 Å². The summed E-state index contributed by atoms with van der Waals surface area (Å²) in [4.78, 5) is 10.9. The minimum Gasteiger partial charge on any atom is -0.364 e. The third kappa shape index (κ3) is 3.57. The van der Waals surface area contributed by atoms with E-state index in [0.717, 1.165) is 47.4 Å². The summed E-state index contributed by atoms with van der Waals surface area (Å²) in [5.74, 6) is -0.126. The average molecular weight is 437 g/mol. The molecule has 4 aromatic rings. The first-order valence-electron chi connectivity index (χ1n) is 9.79. The normalized spacial score (nSPS) is 16.9. The van der Waals surface area contributed by atoms with Gasteiger partial charge in [0.05, 0.1) is 10.9 Å². The van der Waals surface area contributed by atoms with Gasteiger partial charge in [0.1, 0.15) is 17.1 Å². The maximum absolute atomic E-state index is 12.8. The van der Waals surface area contributed by atoms with Gasteiger partial charge in [-0.1, -0.05) is 18.2 Å². The van der Waals surface area contributed by atoms with Crippen LogP contribution in [0.15, 0.2) is 72.1 Å². The molecular weight excluding hydrogens is 416 g/mol. The average Bonchev–Trinajstić information content (AvgIpc) is 3.45. The van der Waals surface area contributed by atoms with Crippen LogP contribution in [-0.4, -0.2) is 29.3 Å². The maximum Gasteiger partial charge on any atom is 0.184 e. The first-order chi connectivity index (χ1) is 14.6. The second-order valence-corrected chi connectivity index (χ2v) is 10.2. The molecule has 8 heteroatoms. The van der Waals surface area contributed by atoms with Crippen LogP contribution in [0.5, 0.6) is 0 Å². The van der Waals surface area contributed by atoms with Crippen molar-refractivity contribution >= 4 is 37.8 Å². The Morgan fingerprint density at radius 1 is 1.10 bits per heavy atom. The number of nitrogens with zero attached hydrogens (tertiary/aromatic N) is 4. The van der Waals surface area contributed by atoms with Crippen LogP contribution in [-0.2, 0) is 15.6 Å². The Balaban J connectivity index is 1.52. The predicted octanol–water partition coefficient (Wildman–Crippen LogP) is 4.40. The molecule has 0 radical (unpaired) electrons. The Morgan fingerprint density at radius 2 is 1.97 bits per heavy atom. The van der Waals surface area contributed by atoms with E-state index in [0.29, 0.717) is 15.9 Å². The Kier molecular flexibility index (Phi) is 4.96. The van der Waals surface area contributed by atoms with Crippen LogP contribution in [0.25, 0.3) is 10.8 Å². The lowest BCUT2D eigenvalue weighted by Gasteiger charge is -2.28. The highest BCUT2D eigenvalue weighted by Gasteiger charge is 2.27. The van der Waals surface area contributed by atoms with E-state index in [-0.39, 0.29) is 5.75 Å². The summed E-state index contributed by atoms with van der Waals surface area (Å²) in [7, 11) is -3.47. The van der Waals surface area contributed by atoms with Crippen molar-refractivity contribution in [3.05, 3.63) is 77.8 Å². The smallest absolute Gasteiger partial charge is 0.184 e. The van der Waals surface area contributed by atoms with Crippen molar-refractivity contribution < 1.29 is 8.42 Å². The molecule has 0 unspecified atom stereocenters. The first kappa shape index (κ1) is 19.1. The van der Waals surface area contributed by atoms with Crippen molar-refractivity contribution in [2.24, 2.45) is 0 Å². The molecule has 0 aliphatic carbocycles. The molecule has 1 fully saturated rings. The number of hydrogen-bond donors (Lipinski definition) is 0. The van der Waals surface area contributed by atoms with Gasteiger partial charge in [0.2, 0.25) is 0 Å². The van der Waals surface area contributed by atoms with E-state index < -0.39 is 9.84 Å². The molecule has 1 saturated heterocycles. The zero-order chi connectivity index (χ0) is 20.6. The zero-order valence-corrected chi connectivity index (χ0v) is 17.8. The summed E-state index contributed by atoms with van der Waals surface area (Å²) in [6.45, 7) is 0.975. The van der Waals surface area contributed by atoms with Crippen molar-refractivity contribution in [1.29, 1.82) is 0 Å². The molecule has 6 nitrogen and oxygen atoms in total. The first-order valence-corrected chi connectivity index (χ1v) is 12.2. The lowest BCUT2D eigenvalue weighted by Crippen LogP contribution is -2.22. The molecule has 5 rings (SSSR count). The minimum atomic E-state index is -3.47. The molecule has 0 bridgehead atoms. The van der Waals surface area contributed by atoms with Crippen molar-refractivity contribution in [2.75, 3.05) is 11.4 Å². The highest BCUT2D eigenvalue weighted by molar-refractivity contribution is 7.90. The lowest BCUT2D eigenvalue weighted by molar-refractivity contribution is 0.595. The second-order valence-electron chi connectivity index (χ2n) is 7.39. The number of pyridine rings is 1. The summed E-state index contributed by atoms with van der Waals surface area (Å²) in [6, 6.07) is 16.0. The number of aromatic nitrogens is 3. The Labute approximate surface area is 179 Å². The molecule has 2 aromatic heterocycles. The Hall–Kier alpha value is -2.84. The van der Waals surface area contributed by atoms with Crippen LogP contribution in [0.4, 0.5) is 5.69 Å². The fourth-order valence-electron chi connectivity index (χ4n) is 4.18. The van der Waals surface area contributed by atoms with E-state index in [1.165, 1.54) is 11.9 Å². The minimum absolute atomic E-state index is 0.126. The van der Waals surface area contributed by atoms with Gasteiger partial charge in [0.25, 0.3) is 0 Å². The number of sulfone groups is 1. The molecule has 0 N–H and O–H groups in total. The molecule has 1 atom stereocenters. The van der Waals surface area contributed by atoms with Crippen LogP contribution in [0, 0.1) is 0 Å². The van der Waals surface area contributed by atoms with Crippen LogP contribution < -0.4 is 4.90 Å². The van der Waals surface area contributed by atoms with Gasteiger partial charge in [0, 0.05) is 30.0 Å². The number of anilines is 1. The van der Waals surface area contributed by atoms with Gasteiger partial charge in [-0.15, -0.1) is 0 Å². The SMILES string of the molecule is O=S(=O)(Cc1ncns1)c1ccc2c(N3CCC[C@@H]3c3ccncc3)cccc2c1. The molecule has 1 aliphatic heterocycles. The standard InChI is InChI=1S/C22H20N4O2S2/c27-30(28,14-22-24-15-25-29-22)18-6-7-19-17(13-18)3-1-4-21(19)26-12-2-5-20(26)16-8-10-23-11-9-16/h1,3-4,6-11,13,15,20H,2,5,12,14H2/t20-/m1/s1. The molecule has 0 amide bonds. The van der Waals surface area contributed by atoms with Gasteiger partial charge >= 0.3 is 0 Å². The maximum atomic E-state index is 12.8. The molecular formula is C22H20N4O2S2. The summed E-state index contributed by atoms with van der Waals surface area (Å²) in [6.07, 6.45) is 7.28. The van der Waals surface area contributed by atoms with Gasteiger partial charge in [-0.05, 0) is 65.7 Å². The summed E-state index contributed by atoms with van der Waals surface area (Å²) >= 11 is 1.11. The van der Waals surface area contributed by atoms with Crippen molar-refractivity contribution in [2.45, 2.75) is 29.5 Å². The third-order valence-corrected chi connectivity index (χ3v) is 8.03. The van der Waals surface area contributed by atoms with E-state index >= 15 is 0 Å². The number of benzene rings is 2. The molecule has 152 valence electrons. The quantitative estimate of drug-likeness (QED) is 0.461. The Bertz CT molecular complexity index is 1280. The van der Waals surface area contributed by atoms with Gasteiger partial charge in [0.15, 0.2) is 9.84 Å². The van der Waals surface area contributed by atoms with E-state index in [4.69, 9.17) is 0 Å². The fraction of sp³-hybridized carbons (Fsp3) is 0.227. The van der Waals surface area contributed by atoms with Crippen molar-refractivity contribution in [1.82, 2.24) is 14.3 Å². The second kappa shape index (κ2) is 7.77. The summed E-state index contributed by atoms with van der Waals surface area (Å²) in [5.41, 5.74) is 2.40. The summed E-state index contributed by atoms with van der Waals surface area (Å²) in [5, 5.41) is 2.49. The van der Waals surface area contributed by atoms with Gasteiger partial charge in [-0.25, -0.2) is 13.4 Å². The van der Waals surface area contributed by atoms with Crippen molar-refractivity contribution in [3.8, 4) is 0 Å². The third-order valence-electron chi connectivity index (χ3n) is 5.56. The van der Waals surface area contributed by atoms with Crippen molar-refractivity contribution in [3.63, 3.8) is 0 Å². The number of hydrogen-bond acceptors (Lipinski definition) is 7. The largest absolute Gasteiger partial charge is 0.364 e. The zero-order valence-electron chi connectivity index (χ0n) is 16.2. The van der Waals surface area contributed by atoms with Gasteiger partial charge < -0.3 is 4.90 Å². The summed E-state index contributed by atoms with van der Waals surface area (Å²) < 4.78 is 29.6.